The molecule has 2 aromatic rings. The molecule has 2 aliphatic rings. The highest BCUT2D eigenvalue weighted by Gasteiger charge is 2.31. The Kier molecular flexibility index (Phi) is 3.72. The molecule has 124 valence electrons. The molecule has 3 amide bonds. The van der Waals surface area contributed by atoms with Crippen LogP contribution in [0.2, 0.25) is 5.02 Å². The summed E-state index contributed by atoms with van der Waals surface area (Å²) in [5.74, 6) is 1.78. The maximum absolute atomic E-state index is 11.7. The maximum Gasteiger partial charge on any atom is 0.322 e. The van der Waals surface area contributed by atoms with Crippen LogP contribution in [0, 0.1) is 0 Å². The lowest BCUT2D eigenvalue weighted by molar-refractivity contribution is -0.120. The molecule has 0 radical (unpaired) electrons. The fraction of sp³-hybridized carbons (Fsp3) is 0.375. The minimum atomic E-state index is -0.516. The van der Waals surface area contributed by atoms with Crippen molar-refractivity contribution in [3.05, 3.63) is 40.9 Å². The Hall–Kier alpha value is -2.41. The quantitative estimate of drug-likeness (QED) is 0.810. The zero-order valence-corrected chi connectivity index (χ0v) is 13.6. The van der Waals surface area contributed by atoms with Crippen LogP contribution in [0.5, 0.6) is 0 Å². The molecule has 1 unspecified atom stereocenters. The van der Waals surface area contributed by atoms with E-state index in [2.05, 4.69) is 20.7 Å². The number of halogens is 1. The fourth-order valence-corrected chi connectivity index (χ4v) is 2.89. The summed E-state index contributed by atoms with van der Waals surface area (Å²) in [5.41, 5.74) is 0.883. The van der Waals surface area contributed by atoms with Crippen molar-refractivity contribution in [1.29, 1.82) is 0 Å². The number of nitrogens with zero attached hydrogens (tertiary/aromatic N) is 3. The predicted octanol–water partition coefficient (Wildman–Crippen LogP) is 1.94. The van der Waals surface area contributed by atoms with Gasteiger partial charge in [-0.3, -0.25) is 10.1 Å². The topological polar surface area (TPSA) is 88.9 Å². The molecular weight excluding hydrogens is 330 g/mol. The third kappa shape index (κ3) is 2.99. The number of hydrogen-bond acceptors (Lipinski definition) is 4. The second-order valence-electron chi connectivity index (χ2n) is 6.10. The van der Waals surface area contributed by atoms with Crippen molar-refractivity contribution in [1.82, 2.24) is 25.4 Å². The lowest BCUT2D eigenvalue weighted by atomic mass is 10.1. The average Bonchev–Trinajstić information content (AvgIpc) is 3.24. The van der Waals surface area contributed by atoms with Gasteiger partial charge in [0.2, 0.25) is 0 Å². The van der Waals surface area contributed by atoms with Crippen LogP contribution in [-0.4, -0.2) is 32.7 Å². The van der Waals surface area contributed by atoms with Gasteiger partial charge in [0.05, 0.1) is 5.69 Å². The summed E-state index contributed by atoms with van der Waals surface area (Å²) in [6.07, 6.45) is 3.25. The molecule has 2 heterocycles. The van der Waals surface area contributed by atoms with E-state index in [4.69, 9.17) is 11.6 Å². The van der Waals surface area contributed by atoms with Crippen LogP contribution in [0.4, 0.5) is 4.79 Å². The highest BCUT2D eigenvalue weighted by Crippen LogP contribution is 2.38. The lowest BCUT2D eigenvalue weighted by Gasteiger charge is -2.08. The van der Waals surface area contributed by atoms with Crippen molar-refractivity contribution in [2.24, 2.45) is 0 Å². The molecule has 8 heteroatoms. The van der Waals surface area contributed by atoms with Crippen LogP contribution in [0.15, 0.2) is 24.3 Å². The third-order valence-electron chi connectivity index (χ3n) is 4.22. The van der Waals surface area contributed by atoms with Crippen LogP contribution in [-0.2, 0) is 11.2 Å². The lowest BCUT2D eigenvalue weighted by Crippen LogP contribution is -2.29. The number of amides is 3. The number of imide groups is 1. The zero-order valence-electron chi connectivity index (χ0n) is 12.8. The largest absolute Gasteiger partial charge is 0.326 e. The van der Waals surface area contributed by atoms with E-state index in [-0.39, 0.29) is 5.91 Å². The van der Waals surface area contributed by atoms with Crippen molar-refractivity contribution in [3.63, 3.8) is 0 Å². The first-order valence-corrected chi connectivity index (χ1v) is 8.31. The van der Waals surface area contributed by atoms with E-state index < -0.39 is 12.1 Å². The van der Waals surface area contributed by atoms with Crippen LogP contribution >= 0.6 is 11.6 Å². The van der Waals surface area contributed by atoms with Crippen molar-refractivity contribution in [2.45, 2.75) is 37.6 Å². The fourth-order valence-electron chi connectivity index (χ4n) is 2.76. The normalized spacial score (nSPS) is 20.1. The van der Waals surface area contributed by atoms with Gasteiger partial charge in [0.15, 0.2) is 5.82 Å². The second kappa shape index (κ2) is 5.90. The Morgan fingerprint density at radius 3 is 2.58 bits per heavy atom. The minimum Gasteiger partial charge on any atom is -0.326 e. The maximum atomic E-state index is 11.7. The number of nitrogens with one attached hydrogen (secondary N) is 2. The van der Waals surface area contributed by atoms with Gasteiger partial charge in [-0.05, 0) is 43.5 Å². The molecule has 2 N–H and O–H groups in total. The summed E-state index contributed by atoms with van der Waals surface area (Å²) in [5, 5.41) is 10.1. The molecule has 1 saturated heterocycles. The Labute approximate surface area is 143 Å². The van der Waals surface area contributed by atoms with Gasteiger partial charge < -0.3 is 5.32 Å². The standard InChI is InChI=1S/C16H16ClN5O2/c17-10-3-5-11(6-4-10)22-13(19-14(21-22)9-1-2-9)8-7-12-15(23)20-16(24)18-12/h3-6,9,12H,1-2,7-8H2,(H2,18,20,23,24). The first-order chi connectivity index (χ1) is 11.6. The molecule has 0 spiro atoms. The molecule has 1 saturated carbocycles. The first kappa shape index (κ1) is 15.1. The number of hydrogen-bond donors (Lipinski definition) is 2. The zero-order chi connectivity index (χ0) is 16.7. The Morgan fingerprint density at radius 2 is 1.96 bits per heavy atom. The number of aromatic nitrogens is 3. The Balaban J connectivity index is 1.58. The number of rotatable bonds is 5. The van der Waals surface area contributed by atoms with E-state index in [9.17, 15) is 9.59 Å². The molecule has 1 aromatic heterocycles. The molecule has 1 aliphatic heterocycles. The van der Waals surface area contributed by atoms with Crippen molar-refractivity contribution >= 4 is 23.5 Å². The summed E-state index contributed by atoms with van der Waals surface area (Å²) < 4.78 is 1.80. The van der Waals surface area contributed by atoms with Crippen molar-refractivity contribution in [3.8, 4) is 5.69 Å². The summed E-state index contributed by atoms with van der Waals surface area (Å²) in [6.45, 7) is 0. The molecule has 2 fully saturated rings. The summed E-state index contributed by atoms with van der Waals surface area (Å²) in [6, 6.07) is 6.44. The Morgan fingerprint density at radius 1 is 1.21 bits per heavy atom. The number of carbonyl (C=O) groups excluding carboxylic acids is 2. The highest BCUT2D eigenvalue weighted by molar-refractivity contribution is 6.30. The van der Waals surface area contributed by atoms with Crippen LogP contribution in [0.1, 0.15) is 36.8 Å². The number of carbonyl (C=O) groups is 2. The van der Waals surface area contributed by atoms with E-state index >= 15 is 0 Å². The van der Waals surface area contributed by atoms with Gasteiger partial charge in [0, 0.05) is 17.4 Å². The van der Waals surface area contributed by atoms with Crippen LogP contribution < -0.4 is 10.6 Å². The number of urea groups is 1. The van der Waals surface area contributed by atoms with E-state index in [1.807, 2.05) is 24.3 Å². The van der Waals surface area contributed by atoms with Gasteiger partial charge in [-0.2, -0.15) is 5.10 Å². The highest BCUT2D eigenvalue weighted by atomic mass is 35.5. The SMILES string of the molecule is O=C1NC(=O)C(CCc2nc(C3CC3)nn2-c2ccc(Cl)cc2)N1. The van der Waals surface area contributed by atoms with E-state index in [0.29, 0.717) is 23.8 Å². The number of benzene rings is 1. The predicted molar refractivity (Wildman–Crippen MR) is 87.1 cm³/mol. The van der Waals surface area contributed by atoms with E-state index in [1.54, 1.807) is 4.68 Å². The van der Waals surface area contributed by atoms with E-state index in [0.717, 1.165) is 30.2 Å². The molecule has 1 aromatic carbocycles. The molecular formula is C16H16ClN5O2. The van der Waals surface area contributed by atoms with Gasteiger partial charge >= 0.3 is 6.03 Å². The molecule has 4 rings (SSSR count). The summed E-state index contributed by atoms with van der Waals surface area (Å²) in [7, 11) is 0. The smallest absolute Gasteiger partial charge is 0.322 e. The number of aryl methyl sites for hydroxylation is 1. The molecule has 0 bridgehead atoms. The van der Waals surface area contributed by atoms with Gasteiger partial charge in [-0.15, -0.1) is 0 Å². The third-order valence-corrected chi connectivity index (χ3v) is 4.47. The van der Waals surface area contributed by atoms with Gasteiger partial charge in [0.25, 0.3) is 5.91 Å². The first-order valence-electron chi connectivity index (χ1n) is 7.93. The monoisotopic (exact) mass is 345 g/mol. The second-order valence-corrected chi connectivity index (χ2v) is 6.54. The summed E-state index contributed by atoms with van der Waals surface area (Å²) >= 11 is 5.95. The average molecular weight is 346 g/mol. The van der Waals surface area contributed by atoms with Gasteiger partial charge in [0.1, 0.15) is 11.9 Å². The molecule has 7 nitrogen and oxygen atoms in total. The molecule has 24 heavy (non-hydrogen) atoms. The molecule has 1 aliphatic carbocycles. The van der Waals surface area contributed by atoms with Gasteiger partial charge in [-0.25, -0.2) is 14.5 Å². The van der Waals surface area contributed by atoms with Gasteiger partial charge in [-0.1, -0.05) is 11.6 Å². The summed E-state index contributed by atoms with van der Waals surface area (Å²) in [4.78, 5) is 27.5. The van der Waals surface area contributed by atoms with Crippen LogP contribution in [0.3, 0.4) is 0 Å². The van der Waals surface area contributed by atoms with Crippen LogP contribution in [0.25, 0.3) is 5.69 Å². The van der Waals surface area contributed by atoms with Crippen molar-refractivity contribution in [2.75, 3.05) is 0 Å². The molecule has 1 atom stereocenters. The minimum absolute atomic E-state index is 0.292. The van der Waals surface area contributed by atoms with Crippen molar-refractivity contribution < 1.29 is 9.59 Å². The van der Waals surface area contributed by atoms with E-state index in [1.165, 1.54) is 0 Å². The Bertz CT molecular complexity index is 797.